The zero-order valence-electron chi connectivity index (χ0n) is 17.8. The molecule has 0 unspecified atom stereocenters. The lowest BCUT2D eigenvalue weighted by atomic mass is 10.1. The van der Waals surface area contributed by atoms with Gasteiger partial charge in [-0.3, -0.25) is 10.1 Å². The lowest BCUT2D eigenvalue weighted by Gasteiger charge is -2.18. The smallest absolute Gasteiger partial charge is 0.312 e. The maximum Gasteiger partial charge on any atom is 0.312 e. The van der Waals surface area contributed by atoms with Crippen LogP contribution in [0.3, 0.4) is 0 Å². The van der Waals surface area contributed by atoms with Crippen molar-refractivity contribution in [2.75, 3.05) is 13.1 Å². The van der Waals surface area contributed by atoms with Crippen LogP contribution in [0.5, 0.6) is 11.6 Å². The molecule has 0 bridgehead atoms. The molecule has 33 heavy (non-hydrogen) atoms. The molecule has 0 fully saturated rings. The number of fused-ring (bicyclic) bond motifs is 1. The van der Waals surface area contributed by atoms with E-state index in [1.807, 2.05) is 35.7 Å². The van der Waals surface area contributed by atoms with Crippen LogP contribution in [0.15, 0.2) is 65.1 Å². The topological polar surface area (TPSA) is 116 Å². The molecule has 0 saturated carbocycles. The third-order valence-electron chi connectivity index (χ3n) is 5.10. The molecule has 0 atom stereocenters. The van der Waals surface area contributed by atoms with Gasteiger partial charge < -0.3 is 4.74 Å². The predicted octanol–water partition coefficient (Wildman–Crippen LogP) is 5.09. The quantitative estimate of drug-likeness (QED) is 0.253. The number of rotatable bonds is 8. The number of nitrogens with zero attached hydrogens (tertiary/aromatic N) is 4. The van der Waals surface area contributed by atoms with Crippen molar-refractivity contribution in [1.29, 1.82) is 0 Å². The van der Waals surface area contributed by atoms with Gasteiger partial charge in [0.15, 0.2) is 0 Å². The Morgan fingerprint density at radius 2 is 1.82 bits per heavy atom. The predicted molar refractivity (Wildman–Crippen MR) is 126 cm³/mol. The number of nitro groups is 1. The highest BCUT2D eigenvalue weighted by Crippen LogP contribution is 2.41. The SMILES string of the molecule is CCN(CC)S(=O)(=O)c1ccc(Oc2ncnc3scc(-c4ccccc4)c23)c([N+](=O)[O-])c1. The van der Waals surface area contributed by atoms with Crippen LogP contribution in [0.1, 0.15) is 13.8 Å². The summed E-state index contributed by atoms with van der Waals surface area (Å²) in [6.07, 6.45) is 1.33. The molecule has 0 radical (unpaired) electrons. The van der Waals surface area contributed by atoms with E-state index >= 15 is 0 Å². The van der Waals surface area contributed by atoms with E-state index in [0.29, 0.717) is 10.2 Å². The zero-order valence-corrected chi connectivity index (χ0v) is 19.5. The molecule has 11 heteroatoms. The molecule has 9 nitrogen and oxygen atoms in total. The molecule has 0 saturated heterocycles. The summed E-state index contributed by atoms with van der Waals surface area (Å²) >= 11 is 1.41. The number of ether oxygens (including phenoxy) is 1. The minimum absolute atomic E-state index is 0.108. The molecular weight excluding hydrogens is 464 g/mol. The summed E-state index contributed by atoms with van der Waals surface area (Å²) < 4.78 is 32.8. The van der Waals surface area contributed by atoms with Crippen molar-refractivity contribution >= 4 is 37.3 Å². The highest BCUT2D eigenvalue weighted by molar-refractivity contribution is 7.89. The summed E-state index contributed by atoms with van der Waals surface area (Å²) in [6.45, 7) is 3.92. The fourth-order valence-corrected chi connectivity index (χ4v) is 5.84. The normalized spacial score (nSPS) is 11.7. The van der Waals surface area contributed by atoms with Gasteiger partial charge in [0.1, 0.15) is 11.2 Å². The molecule has 0 spiro atoms. The molecule has 2 aromatic carbocycles. The van der Waals surface area contributed by atoms with Crippen molar-refractivity contribution in [1.82, 2.24) is 14.3 Å². The Balaban J connectivity index is 1.80. The van der Waals surface area contributed by atoms with E-state index in [1.165, 1.54) is 34.1 Å². The number of hydrogen-bond donors (Lipinski definition) is 0. The van der Waals surface area contributed by atoms with Crippen molar-refractivity contribution in [3.8, 4) is 22.8 Å². The number of aromatic nitrogens is 2. The number of benzene rings is 2. The van der Waals surface area contributed by atoms with Crippen LogP contribution in [0.4, 0.5) is 5.69 Å². The lowest BCUT2D eigenvalue weighted by Crippen LogP contribution is -2.30. The molecule has 0 aliphatic carbocycles. The largest absolute Gasteiger partial charge is 0.431 e. The number of nitro benzene ring substituents is 1. The summed E-state index contributed by atoms with van der Waals surface area (Å²) in [5.41, 5.74) is 1.31. The molecule has 0 aliphatic rings. The minimum Gasteiger partial charge on any atom is -0.431 e. The standard InChI is InChI=1S/C22H20N4O5S2/c1-3-25(4-2)33(29,30)16-10-11-19(18(12-16)26(27)28)31-21-20-17(15-8-6-5-7-9-15)13-32-22(20)24-14-23-21/h5-14H,3-4H2,1-2H3. The van der Waals surface area contributed by atoms with E-state index in [0.717, 1.165) is 17.2 Å². The van der Waals surface area contributed by atoms with Crippen LogP contribution >= 0.6 is 11.3 Å². The van der Waals surface area contributed by atoms with Gasteiger partial charge in [-0.1, -0.05) is 44.2 Å². The third kappa shape index (κ3) is 4.30. The van der Waals surface area contributed by atoms with Gasteiger partial charge in [-0.05, 0) is 17.7 Å². The molecule has 2 heterocycles. The van der Waals surface area contributed by atoms with E-state index < -0.39 is 20.6 Å². The summed E-state index contributed by atoms with van der Waals surface area (Å²) in [6, 6.07) is 13.2. The summed E-state index contributed by atoms with van der Waals surface area (Å²) in [5, 5.41) is 14.3. The fourth-order valence-electron chi connectivity index (χ4n) is 3.46. The first kappa shape index (κ1) is 22.8. The summed E-state index contributed by atoms with van der Waals surface area (Å²) in [5.74, 6) is 0.0475. The van der Waals surface area contributed by atoms with Gasteiger partial charge in [-0.25, -0.2) is 18.4 Å². The second kappa shape index (κ2) is 9.22. The molecular formula is C22H20N4O5S2. The Morgan fingerprint density at radius 1 is 1.09 bits per heavy atom. The Bertz CT molecular complexity index is 1420. The molecule has 4 aromatic rings. The van der Waals surface area contributed by atoms with Crippen LogP contribution in [0.25, 0.3) is 21.3 Å². The van der Waals surface area contributed by atoms with Crippen molar-refractivity contribution in [2.24, 2.45) is 0 Å². The first-order valence-corrected chi connectivity index (χ1v) is 12.4. The van der Waals surface area contributed by atoms with Gasteiger partial charge >= 0.3 is 5.69 Å². The third-order valence-corrected chi connectivity index (χ3v) is 8.03. The Hall–Kier alpha value is -3.41. The van der Waals surface area contributed by atoms with E-state index in [9.17, 15) is 18.5 Å². The summed E-state index contributed by atoms with van der Waals surface area (Å²) in [7, 11) is -3.87. The van der Waals surface area contributed by atoms with E-state index in [1.54, 1.807) is 13.8 Å². The first-order valence-electron chi connectivity index (χ1n) is 10.1. The molecule has 0 amide bonds. The van der Waals surface area contributed by atoms with E-state index in [2.05, 4.69) is 9.97 Å². The second-order valence-corrected chi connectivity index (χ2v) is 9.75. The Morgan fingerprint density at radius 3 is 2.48 bits per heavy atom. The highest BCUT2D eigenvalue weighted by atomic mass is 32.2. The highest BCUT2D eigenvalue weighted by Gasteiger charge is 2.27. The van der Waals surface area contributed by atoms with Crippen LogP contribution in [0, 0.1) is 10.1 Å². The van der Waals surface area contributed by atoms with Gasteiger partial charge in [0, 0.05) is 30.1 Å². The fraction of sp³-hybridized carbons (Fsp3) is 0.182. The Kier molecular flexibility index (Phi) is 6.36. The number of sulfonamides is 1. The van der Waals surface area contributed by atoms with Gasteiger partial charge in [-0.15, -0.1) is 11.3 Å². The van der Waals surface area contributed by atoms with Crippen molar-refractivity contribution in [3.63, 3.8) is 0 Å². The van der Waals surface area contributed by atoms with Gasteiger partial charge in [0.2, 0.25) is 21.7 Å². The zero-order chi connectivity index (χ0) is 23.6. The Labute approximate surface area is 194 Å². The van der Waals surface area contributed by atoms with Crippen LogP contribution in [0.2, 0.25) is 0 Å². The lowest BCUT2D eigenvalue weighted by molar-refractivity contribution is -0.385. The average molecular weight is 485 g/mol. The van der Waals surface area contributed by atoms with Gasteiger partial charge in [0.25, 0.3) is 0 Å². The monoisotopic (exact) mass is 484 g/mol. The van der Waals surface area contributed by atoms with Crippen molar-refractivity contribution in [2.45, 2.75) is 18.7 Å². The van der Waals surface area contributed by atoms with Crippen LogP contribution in [-0.4, -0.2) is 40.7 Å². The number of hydrogen-bond acceptors (Lipinski definition) is 8. The molecule has 0 N–H and O–H groups in total. The van der Waals surface area contributed by atoms with Crippen molar-refractivity contribution in [3.05, 3.63) is 70.4 Å². The average Bonchev–Trinajstić information content (AvgIpc) is 3.25. The molecule has 2 aromatic heterocycles. The maximum atomic E-state index is 12.8. The van der Waals surface area contributed by atoms with Crippen molar-refractivity contribution < 1.29 is 18.1 Å². The van der Waals surface area contributed by atoms with E-state index in [-0.39, 0.29) is 29.6 Å². The van der Waals surface area contributed by atoms with Crippen LogP contribution < -0.4 is 4.74 Å². The van der Waals surface area contributed by atoms with Crippen LogP contribution in [-0.2, 0) is 10.0 Å². The second-order valence-electron chi connectivity index (χ2n) is 6.95. The van der Waals surface area contributed by atoms with Gasteiger partial charge in [-0.2, -0.15) is 4.31 Å². The number of thiophene rings is 1. The first-order chi connectivity index (χ1) is 15.9. The van der Waals surface area contributed by atoms with E-state index in [4.69, 9.17) is 4.74 Å². The minimum atomic E-state index is -3.87. The molecule has 0 aliphatic heterocycles. The van der Waals surface area contributed by atoms with Gasteiger partial charge in [0.05, 0.1) is 15.2 Å². The summed E-state index contributed by atoms with van der Waals surface area (Å²) in [4.78, 5) is 20.1. The maximum absolute atomic E-state index is 12.8. The molecule has 4 rings (SSSR count). The molecule has 170 valence electrons.